The van der Waals surface area contributed by atoms with Gasteiger partial charge >= 0.3 is 0 Å². The first-order valence-electron chi connectivity index (χ1n) is 6.97. The summed E-state index contributed by atoms with van der Waals surface area (Å²) in [6.07, 6.45) is 3.74. The molecule has 0 atom stereocenters. The normalized spacial score (nSPS) is 10.5. The van der Waals surface area contributed by atoms with E-state index in [9.17, 15) is 0 Å². The van der Waals surface area contributed by atoms with Crippen LogP contribution in [0.2, 0.25) is 0 Å². The van der Waals surface area contributed by atoms with Crippen LogP contribution in [0.25, 0.3) is 5.65 Å². The minimum atomic E-state index is -0.0861. The van der Waals surface area contributed by atoms with Crippen LogP contribution in [-0.2, 0) is 6.61 Å². The second-order valence-electron chi connectivity index (χ2n) is 4.43. The highest BCUT2D eigenvalue weighted by atomic mass is 32.1. The van der Waals surface area contributed by atoms with Crippen LogP contribution in [0, 0.1) is 13.8 Å². The van der Waals surface area contributed by atoms with Crippen molar-refractivity contribution >= 4 is 40.8 Å². The fourth-order valence-electron chi connectivity index (χ4n) is 1.93. The summed E-state index contributed by atoms with van der Waals surface area (Å²) in [5.41, 5.74) is 3.27. The summed E-state index contributed by atoms with van der Waals surface area (Å²) in [7, 11) is 0. The maximum absolute atomic E-state index is 9.09. The molecule has 0 aliphatic rings. The fourth-order valence-corrected chi connectivity index (χ4v) is 2.90. The Bertz CT molecular complexity index is 768. The van der Waals surface area contributed by atoms with E-state index in [1.165, 1.54) is 11.5 Å². The zero-order valence-electron chi connectivity index (χ0n) is 13.0. The van der Waals surface area contributed by atoms with Crippen molar-refractivity contribution in [1.82, 2.24) is 18.7 Å². The van der Waals surface area contributed by atoms with Gasteiger partial charge in [-0.2, -0.15) is 4.37 Å². The first kappa shape index (κ1) is 16.7. The highest BCUT2D eigenvalue weighted by Crippen LogP contribution is 2.32. The molecule has 118 valence electrons. The smallest absolute Gasteiger partial charge is 0.188 e. The molecule has 0 bridgehead atoms. The summed E-state index contributed by atoms with van der Waals surface area (Å²) in [6.45, 7) is 7.83. The number of thiol groups is 1. The van der Waals surface area contributed by atoms with Crippen LogP contribution in [0.15, 0.2) is 18.5 Å². The van der Waals surface area contributed by atoms with E-state index in [0.29, 0.717) is 11.5 Å². The predicted octanol–water partition coefficient (Wildman–Crippen LogP) is 3.30. The van der Waals surface area contributed by atoms with Gasteiger partial charge in [0.2, 0.25) is 0 Å². The predicted molar refractivity (Wildman–Crippen MR) is 93.0 cm³/mol. The molecule has 0 saturated heterocycles. The number of aliphatic hydroxyl groups is 1. The van der Waals surface area contributed by atoms with E-state index in [4.69, 9.17) is 5.11 Å². The van der Waals surface area contributed by atoms with Gasteiger partial charge in [0.25, 0.3) is 0 Å². The third kappa shape index (κ3) is 3.08. The highest BCUT2D eigenvalue weighted by molar-refractivity contribution is 7.82. The van der Waals surface area contributed by atoms with Crippen molar-refractivity contribution in [3.63, 3.8) is 0 Å². The second-order valence-corrected chi connectivity index (χ2v) is 5.61. The minimum Gasteiger partial charge on any atom is -0.390 e. The number of aromatic nitrogens is 4. The Morgan fingerprint density at radius 3 is 2.73 bits per heavy atom. The number of aryl methyl sites for hydroxylation is 2. The van der Waals surface area contributed by atoms with Crippen LogP contribution in [0.3, 0.4) is 0 Å². The minimum absolute atomic E-state index is 0.0861. The standard InChI is InChI=1S/C12H13N5OS2.C2H6/c1-7-5-16-8(2)4-13-11(16)12(14-7)17(19)10-3-9(6-18)15-20-10;1-2/h3-5,18-19H,6H2,1-2H3;1-2H3. The lowest BCUT2D eigenvalue weighted by molar-refractivity contribution is 0.278. The van der Waals surface area contributed by atoms with Gasteiger partial charge in [0.1, 0.15) is 5.00 Å². The molecule has 0 unspecified atom stereocenters. The largest absolute Gasteiger partial charge is 0.390 e. The first-order valence-corrected chi connectivity index (χ1v) is 8.14. The van der Waals surface area contributed by atoms with E-state index in [1.54, 1.807) is 16.6 Å². The van der Waals surface area contributed by atoms with Crippen molar-refractivity contribution in [1.29, 1.82) is 0 Å². The van der Waals surface area contributed by atoms with Crippen LogP contribution in [0.4, 0.5) is 10.8 Å². The molecule has 0 aliphatic carbocycles. The molecule has 3 aromatic rings. The van der Waals surface area contributed by atoms with Gasteiger partial charge in [0.15, 0.2) is 11.5 Å². The zero-order valence-corrected chi connectivity index (χ0v) is 14.7. The monoisotopic (exact) mass is 337 g/mol. The van der Waals surface area contributed by atoms with Crippen LogP contribution < -0.4 is 4.31 Å². The Morgan fingerprint density at radius 2 is 2.09 bits per heavy atom. The number of fused-ring (bicyclic) bond motifs is 1. The Balaban J connectivity index is 0.000000847. The third-order valence-corrected chi connectivity index (χ3v) is 4.25. The van der Waals surface area contributed by atoms with Crippen LogP contribution in [0.5, 0.6) is 0 Å². The van der Waals surface area contributed by atoms with Gasteiger partial charge < -0.3 is 5.11 Å². The molecule has 22 heavy (non-hydrogen) atoms. The maximum Gasteiger partial charge on any atom is 0.188 e. The van der Waals surface area contributed by atoms with E-state index in [0.717, 1.165) is 22.0 Å². The SMILES string of the molecule is CC.Cc1cn2c(C)cnc2c(N(S)c2cc(CO)ns2)n1. The van der Waals surface area contributed by atoms with E-state index in [-0.39, 0.29) is 6.61 Å². The number of nitrogens with zero attached hydrogens (tertiary/aromatic N) is 5. The van der Waals surface area contributed by atoms with E-state index < -0.39 is 0 Å². The van der Waals surface area contributed by atoms with Crippen molar-refractivity contribution in [3.8, 4) is 0 Å². The molecule has 8 heteroatoms. The molecule has 3 aromatic heterocycles. The van der Waals surface area contributed by atoms with Gasteiger partial charge in [0, 0.05) is 18.1 Å². The van der Waals surface area contributed by atoms with Crippen molar-refractivity contribution in [3.05, 3.63) is 35.5 Å². The second kappa shape index (κ2) is 7.08. The molecule has 3 heterocycles. The third-order valence-electron chi connectivity index (χ3n) is 2.90. The summed E-state index contributed by atoms with van der Waals surface area (Å²) in [4.78, 5) is 8.89. The van der Waals surface area contributed by atoms with E-state index in [1.807, 2.05) is 38.3 Å². The molecule has 3 rings (SSSR count). The van der Waals surface area contributed by atoms with Crippen molar-refractivity contribution in [2.45, 2.75) is 34.3 Å². The summed E-state index contributed by atoms with van der Waals surface area (Å²) < 4.78 is 7.76. The summed E-state index contributed by atoms with van der Waals surface area (Å²) >= 11 is 5.76. The summed E-state index contributed by atoms with van der Waals surface area (Å²) in [5, 5.41) is 9.88. The van der Waals surface area contributed by atoms with Crippen molar-refractivity contribution < 1.29 is 5.11 Å². The summed E-state index contributed by atoms with van der Waals surface area (Å²) in [6, 6.07) is 1.79. The van der Waals surface area contributed by atoms with Gasteiger partial charge in [0.05, 0.1) is 18.0 Å². The van der Waals surface area contributed by atoms with Crippen LogP contribution >= 0.6 is 24.3 Å². The van der Waals surface area contributed by atoms with Gasteiger partial charge in [-0.25, -0.2) is 9.97 Å². The molecule has 0 radical (unpaired) electrons. The molecule has 0 fully saturated rings. The van der Waals surface area contributed by atoms with Gasteiger partial charge in [-0.3, -0.25) is 8.71 Å². The molecule has 6 nitrogen and oxygen atoms in total. The Labute approximate surface area is 139 Å². The van der Waals surface area contributed by atoms with E-state index >= 15 is 0 Å². The molecule has 0 amide bonds. The average Bonchev–Trinajstić information content (AvgIpc) is 3.15. The van der Waals surface area contributed by atoms with Gasteiger partial charge in [-0.05, 0) is 31.4 Å². The van der Waals surface area contributed by atoms with Gasteiger partial charge in [-0.1, -0.05) is 26.7 Å². The Morgan fingerprint density at radius 1 is 1.36 bits per heavy atom. The lowest BCUT2D eigenvalue weighted by Gasteiger charge is -2.15. The quantitative estimate of drug-likeness (QED) is 0.718. The molecule has 0 spiro atoms. The summed E-state index contributed by atoms with van der Waals surface area (Å²) in [5.74, 6) is 0.648. The van der Waals surface area contributed by atoms with Crippen molar-refractivity contribution in [2.75, 3.05) is 4.31 Å². The topological polar surface area (TPSA) is 66.5 Å². The molecule has 0 saturated carbocycles. The number of hydrogen-bond donors (Lipinski definition) is 2. The zero-order chi connectivity index (χ0) is 16.3. The molecule has 0 aromatic carbocycles. The number of anilines is 2. The molecular formula is C14H19N5OS2. The van der Waals surface area contributed by atoms with Crippen LogP contribution in [-0.4, -0.2) is 23.8 Å². The van der Waals surface area contributed by atoms with E-state index in [2.05, 4.69) is 27.2 Å². The maximum atomic E-state index is 9.09. The fraction of sp³-hybridized carbons (Fsp3) is 0.357. The number of rotatable bonds is 3. The van der Waals surface area contributed by atoms with Crippen LogP contribution in [0.1, 0.15) is 30.9 Å². The number of aliphatic hydroxyl groups excluding tert-OH is 1. The lowest BCUT2D eigenvalue weighted by Crippen LogP contribution is -2.07. The number of imidazole rings is 1. The van der Waals surface area contributed by atoms with Crippen molar-refractivity contribution in [2.24, 2.45) is 0 Å². The van der Waals surface area contributed by atoms with Gasteiger partial charge in [-0.15, -0.1) is 0 Å². The average molecular weight is 337 g/mol. The lowest BCUT2D eigenvalue weighted by atomic mass is 10.4. The molecule has 1 N–H and O–H groups in total. The molecular weight excluding hydrogens is 318 g/mol. The Kier molecular flexibility index (Phi) is 5.38. The molecule has 0 aliphatic heterocycles. The highest BCUT2D eigenvalue weighted by Gasteiger charge is 2.16. The Hall–Kier alpha value is -1.64. The number of hydrogen-bond acceptors (Lipinski definition) is 7. The first-order chi connectivity index (χ1) is 10.6.